The summed E-state index contributed by atoms with van der Waals surface area (Å²) in [6.45, 7) is 3.37. The maximum absolute atomic E-state index is 13.8. The van der Waals surface area contributed by atoms with Gasteiger partial charge in [-0.25, -0.2) is 9.67 Å². The zero-order valence-electron chi connectivity index (χ0n) is 21.5. The van der Waals surface area contributed by atoms with Crippen LogP contribution in [0.1, 0.15) is 30.5 Å². The van der Waals surface area contributed by atoms with Crippen molar-refractivity contribution in [1.29, 1.82) is 0 Å². The number of thioether (sulfide) groups is 1. The monoisotopic (exact) mass is 558 g/mol. The zero-order chi connectivity index (χ0) is 27.3. The summed E-state index contributed by atoms with van der Waals surface area (Å²) >= 11 is 6.70. The van der Waals surface area contributed by atoms with E-state index in [4.69, 9.17) is 17.2 Å². The highest BCUT2D eigenvalue weighted by Gasteiger charge is 2.38. The minimum Gasteiger partial charge on any atom is -0.356 e. The number of aromatic nitrogens is 4. The molecule has 0 saturated carbocycles. The van der Waals surface area contributed by atoms with Crippen molar-refractivity contribution in [3.8, 4) is 5.69 Å². The second-order valence-electron chi connectivity index (χ2n) is 9.56. The van der Waals surface area contributed by atoms with E-state index in [1.165, 1.54) is 14.0 Å². The molecular formula is C28H26N6O3S2. The van der Waals surface area contributed by atoms with E-state index in [1.54, 1.807) is 43.1 Å². The number of nitrogens with zero attached hydrogens (tertiary/aromatic N) is 6. The van der Waals surface area contributed by atoms with Crippen LogP contribution in [0.2, 0.25) is 0 Å². The van der Waals surface area contributed by atoms with Gasteiger partial charge in [-0.3, -0.25) is 28.4 Å². The first kappa shape index (κ1) is 25.3. The van der Waals surface area contributed by atoms with Crippen LogP contribution in [0.4, 0.5) is 11.5 Å². The predicted octanol–water partition coefficient (Wildman–Crippen LogP) is 3.89. The third kappa shape index (κ3) is 4.22. The number of fused-ring (bicyclic) bond motifs is 1. The molecule has 2 aliphatic rings. The Labute approximate surface area is 234 Å². The molecule has 0 unspecified atom stereocenters. The molecule has 0 aliphatic carbocycles. The van der Waals surface area contributed by atoms with E-state index in [0.717, 1.165) is 44.1 Å². The summed E-state index contributed by atoms with van der Waals surface area (Å²) in [6, 6.07) is 14.7. The molecule has 0 atom stereocenters. The summed E-state index contributed by atoms with van der Waals surface area (Å²) in [7, 11) is 1.77. The third-order valence-electron chi connectivity index (χ3n) is 7.22. The zero-order valence-corrected chi connectivity index (χ0v) is 23.2. The van der Waals surface area contributed by atoms with Gasteiger partial charge < -0.3 is 4.90 Å². The number of amides is 1. The average Bonchev–Trinajstić information content (AvgIpc) is 3.35. The summed E-state index contributed by atoms with van der Waals surface area (Å²) in [6.07, 6.45) is 6.42. The lowest BCUT2D eigenvalue weighted by Crippen LogP contribution is -2.34. The van der Waals surface area contributed by atoms with Gasteiger partial charge in [0.15, 0.2) is 4.32 Å². The van der Waals surface area contributed by atoms with E-state index in [0.29, 0.717) is 28.4 Å². The molecule has 9 nitrogen and oxygen atoms in total. The molecule has 1 amide bonds. The quantitative estimate of drug-likeness (QED) is 0.278. The highest BCUT2D eigenvalue weighted by atomic mass is 32.2. The SMILES string of the molecule is Cc1c(N2C(=O)/C(=C\c3c(N4CCCCC4)nc4ccccn4c3=O)SC2=S)c(=O)n(-c2ccccc2)n1C. The normalized spacial score (nSPS) is 17.1. The van der Waals surface area contributed by atoms with Crippen molar-refractivity contribution in [2.45, 2.75) is 26.2 Å². The molecule has 2 aliphatic heterocycles. The van der Waals surface area contributed by atoms with E-state index in [1.807, 2.05) is 36.4 Å². The molecule has 0 bridgehead atoms. The van der Waals surface area contributed by atoms with Crippen molar-refractivity contribution < 1.29 is 4.79 Å². The van der Waals surface area contributed by atoms with Gasteiger partial charge in [-0.1, -0.05) is 48.2 Å². The van der Waals surface area contributed by atoms with Gasteiger partial charge >= 0.3 is 0 Å². The lowest BCUT2D eigenvalue weighted by molar-refractivity contribution is -0.113. The topological polar surface area (TPSA) is 84.9 Å². The largest absolute Gasteiger partial charge is 0.356 e. The molecule has 4 aromatic rings. The number of thiocarbonyl (C=S) groups is 1. The number of hydrogen-bond acceptors (Lipinski definition) is 7. The molecule has 39 heavy (non-hydrogen) atoms. The average molecular weight is 559 g/mol. The van der Waals surface area contributed by atoms with E-state index in [-0.39, 0.29) is 26.0 Å². The predicted molar refractivity (Wildman–Crippen MR) is 159 cm³/mol. The first-order valence-electron chi connectivity index (χ1n) is 12.7. The number of anilines is 2. The Morgan fingerprint density at radius 1 is 0.949 bits per heavy atom. The Morgan fingerprint density at radius 3 is 2.41 bits per heavy atom. The van der Waals surface area contributed by atoms with Crippen LogP contribution in [0, 0.1) is 6.92 Å². The van der Waals surface area contributed by atoms with Crippen LogP contribution in [0.25, 0.3) is 17.4 Å². The molecule has 0 N–H and O–H groups in total. The van der Waals surface area contributed by atoms with E-state index >= 15 is 0 Å². The second-order valence-corrected chi connectivity index (χ2v) is 11.2. The maximum Gasteiger partial charge on any atom is 0.296 e. The number of piperidine rings is 1. The smallest absolute Gasteiger partial charge is 0.296 e. The van der Waals surface area contributed by atoms with Gasteiger partial charge in [0, 0.05) is 26.3 Å². The second kappa shape index (κ2) is 9.97. The van der Waals surface area contributed by atoms with Gasteiger partial charge in [0.25, 0.3) is 17.0 Å². The molecular weight excluding hydrogens is 532 g/mol. The first-order valence-corrected chi connectivity index (χ1v) is 14.0. The van der Waals surface area contributed by atoms with Crippen LogP contribution in [-0.2, 0) is 11.8 Å². The molecule has 5 heterocycles. The van der Waals surface area contributed by atoms with Crippen LogP contribution in [0.15, 0.2) is 69.2 Å². The van der Waals surface area contributed by atoms with Crippen molar-refractivity contribution in [2.24, 2.45) is 7.05 Å². The lowest BCUT2D eigenvalue weighted by atomic mass is 10.1. The van der Waals surface area contributed by atoms with Crippen molar-refractivity contribution in [2.75, 3.05) is 22.9 Å². The minimum atomic E-state index is -0.432. The van der Waals surface area contributed by atoms with Crippen LogP contribution in [0.5, 0.6) is 0 Å². The molecule has 3 aromatic heterocycles. The lowest BCUT2D eigenvalue weighted by Gasteiger charge is -2.29. The van der Waals surface area contributed by atoms with Gasteiger partial charge in [-0.15, -0.1) is 0 Å². The highest BCUT2D eigenvalue weighted by Crippen LogP contribution is 2.37. The minimum absolute atomic E-state index is 0.205. The first-order chi connectivity index (χ1) is 18.9. The number of benzene rings is 1. The van der Waals surface area contributed by atoms with Crippen molar-refractivity contribution in [3.05, 3.63) is 91.6 Å². The van der Waals surface area contributed by atoms with Crippen LogP contribution in [0.3, 0.4) is 0 Å². The molecule has 0 spiro atoms. The van der Waals surface area contributed by atoms with Crippen molar-refractivity contribution in [1.82, 2.24) is 18.7 Å². The van der Waals surface area contributed by atoms with Crippen molar-refractivity contribution in [3.63, 3.8) is 0 Å². The summed E-state index contributed by atoms with van der Waals surface area (Å²) in [4.78, 5) is 49.6. The third-order valence-corrected chi connectivity index (χ3v) is 8.52. The van der Waals surface area contributed by atoms with Crippen molar-refractivity contribution >= 4 is 57.4 Å². The van der Waals surface area contributed by atoms with E-state index < -0.39 is 5.91 Å². The fourth-order valence-corrected chi connectivity index (χ4v) is 6.42. The molecule has 11 heteroatoms. The number of hydrogen-bond donors (Lipinski definition) is 0. The van der Waals surface area contributed by atoms with Gasteiger partial charge in [-0.2, -0.15) is 0 Å². The molecule has 1 aromatic carbocycles. The molecule has 2 saturated heterocycles. The van der Waals surface area contributed by atoms with E-state index in [9.17, 15) is 14.4 Å². The number of rotatable bonds is 4. The van der Waals surface area contributed by atoms with Gasteiger partial charge in [-0.05, 0) is 56.5 Å². The standard InChI is InChI=1S/C28H26N6O3S2/c1-18-23(27(37)34(30(18)2)19-11-5-3-6-12-19)33-26(36)21(39-28(33)38)17-20-24(31-14-8-4-9-15-31)29-22-13-7-10-16-32(22)25(20)35/h3,5-7,10-13,16-17H,4,8-9,14-15H2,1-2H3/b21-17+. The molecule has 198 valence electrons. The van der Waals surface area contributed by atoms with Crippen LogP contribution in [-0.4, -0.2) is 42.1 Å². The summed E-state index contributed by atoms with van der Waals surface area (Å²) < 4.78 is 4.95. The molecule has 2 fully saturated rings. The Bertz CT molecular complexity index is 1780. The Balaban J connectivity index is 1.47. The van der Waals surface area contributed by atoms with Gasteiger partial charge in [0.1, 0.15) is 17.2 Å². The number of carbonyl (C=O) groups is 1. The Hall–Kier alpha value is -3.96. The fourth-order valence-electron chi connectivity index (χ4n) is 5.17. The van der Waals surface area contributed by atoms with Gasteiger partial charge in [0.05, 0.1) is 21.8 Å². The van der Waals surface area contributed by atoms with Crippen LogP contribution >= 0.6 is 24.0 Å². The number of pyridine rings is 1. The summed E-state index contributed by atoms with van der Waals surface area (Å²) in [5, 5.41) is 0. The molecule has 0 radical (unpaired) electrons. The van der Waals surface area contributed by atoms with E-state index in [2.05, 4.69) is 4.90 Å². The fraction of sp³-hybridized carbons (Fsp3) is 0.250. The Kier molecular flexibility index (Phi) is 6.48. The Morgan fingerprint density at radius 2 is 1.67 bits per heavy atom. The maximum atomic E-state index is 13.8. The molecule has 6 rings (SSSR count). The number of carbonyl (C=O) groups excluding carboxylic acids is 1. The van der Waals surface area contributed by atoms with Crippen LogP contribution < -0.4 is 20.9 Å². The highest BCUT2D eigenvalue weighted by molar-refractivity contribution is 8.27. The van der Waals surface area contributed by atoms with Gasteiger partial charge in [0.2, 0.25) is 0 Å². The summed E-state index contributed by atoms with van der Waals surface area (Å²) in [5.41, 5.74) is 1.78. The summed E-state index contributed by atoms with van der Waals surface area (Å²) in [5.74, 6) is 0.136. The number of para-hydroxylation sites is 1.